The summed E-state index contributed by atoms with van der Waals surface area (Å²) in [6, 6.07) is 10.4. The average Bonchev–Trinajstić information content (AvgIpc) is 2.38. The first-order valence-electron chi connectivity index (χ1n) is 6.92. The molecule has 2 heteroatoms. The maximum atomic E-state index is 5.46. The van der Waals surface area contributed by atoms with E-state index >= 15 is 0 Å². The van der Waals surface area contributed by atoms with Crippen LogP contribution in [0.25, 0.3) is 0 Å². The van der Waals surface area contributed by atoms with Crippen LogP contribution in [0.4, 0.5) is 5.69 Å². The van der Waals surface area contributed by atoms with Crippen molar-refractivity contribution < 1.29 is 0 Å². The van der Waals surface area contributed by atoms with E-state index in [0.717, 1.165) is 13.1 Å². The molecule has 3 N–H and O–H groups in total. The monoisotopic (exact) mass is 234 g/mol. The maximum absolute atomic E-state index is 5.46. The minimum Gasteiger partial charge on any atom is -0.385 e. The van der Waals surface area contributed by atoms with Crippen LogP contribution in [0.15, 0.2) is 30.3 Å². The Morgan fingerprint density at radius 1 is 0.765 bits per heavy atom. The first-order chi connectivity index (χ1) is 8.43. The number of para-hydroxylation sites is 1. The van der Waals surface area contributed by atoms with Gasteiger partial charge in [-0.25, -0.2) is 0 Å². The van der Waals surface area contributed by atoms with Crippen LogP contribution in [0.2, 0.25) is 0 Å². The van der Waals surface area contributed by atoms with Gasteiger partial charge in [0.15, 0.2) is 0 Å². The van der Waals surface area contributed by atoms with Gasteiger partial charge in [-0.3, -0.25) is 0 Å². The van der Waals surface area contributed by atoms with E-state index in [1.165, 1.54) is 50.6 Å². The molecule has 0 unspecified atom stereocenters. The molecule has 0 aliphatic carbocycles. The Balaban J connectivity index is 1.85. The van der Waals surface area contributed by atoms with Crippen LogP contribution in [-0.2, 0) is 0 Å². The van der Waals surface area contributed by atoms with Crippen molar-refractivity contribution in [2.75, 3.05) is 18.4 Å². The molecule has 0 atom stereocenters. The molecular formula is C15H26N2. The number of hydrogen-bond acceptors (Lipinski definition) is 2. The summed E-state index contributed by atoms with van der Waals surface area (Å²) < 4.78 is 0. The Morgan fingerprint density at radius 3 is 2.00 bits per heavy atom. The van der Waals surface area contributed by atoms with Crippen LogP contribution in [0.1, 0.15) is 44.9 Å². The second-order valence-corrected chi connectivity index (χ2v) is 4.56. The highest BCUT2D eigenvalue weighted by Crippen LogP contribution is 2.08. The first kappa shape index (κ1) is 14.0. The third kappa shape index (κ3) is 7.81. The van der Waals surface area contributed by atoms with Crippen LogP contribution in [0.5, 0.6) is 0 Å². The fourth-order valence-corrected chi connectivity index (χ4v) is 1.94. The highest BCUT2D eigenvalue weighted by Gasteiger charge is 1.92. The van der Waals surface area contributed by atoms with E-state index in [4.69, 9.17) is 5.73 Å². The van der Waals surface area contributed by atoms with Gasteiger partial charge in [0.1, 0.15) is 0 Å². The highest BCUT2D eigenvalue weighted by atomic mass is 14.9. The zero-order chi connectivity index (χ0) is 12.2. The van der Waals surface area contributed by atoms with Crippen molar-refractivity contribution >= 4 is 5.69 Å². The number of anilines is 1. The van der Waals surface area contributed by atoms with E-state index in [9.17, 15) is 0 Å². The van der Waals surface area contributed by atoms with Gasteiger partial charge in [-0.15, -0.1) is 0 Å². The number of rotatable bonds is 10. The van der Waals surface area contributed by atoms with Crippen molar-refractivity contribution in [3.63, 3.8) is 0 Å². The Bertz CT molecular complexity index is 259. The zero-order valence-electron chi connectivity index (χ0n) is 10.8. The van der Waals surface area contributed by atoms with Crippen molar-refractivity contribution in [2.24, 2.45) is 5.73 Å². The van der Waals surface area contributed by atoms with Gasteiger partial charge < -0.3 is 11.1 Å². The molecule has 0 fully saturated rings. The predicted molar refractivity (Wildman–Crippen MR) is 76.3 cm³/mol. The molecule has 2 nitrogen and oxygen atoms in total. The van der Waals surface area contributed by atoms with Gasteiger partial charge in [-0.2, -0.15) is 0 Å². The second-order valence-electron chi connectivity index (χ2n) is 4.56. The molecule has 0 aliphatic heterocycles. The van der Waals surface area contributed by atoms with E-state index in [-0.39, 0.29) is 0 Å². The SMILES string of the molecule is NCCCCCCCCCNc1ccccc1. The molecule has 0 aromatic heterocycles. The fourth-order valence-electron chi connectivity index (χ4n) is 1.94. The summed E-state index contributed by atoms with van der Waals surface area (Å²) in [5, 5.41) is 3.44. The molecule has 1 aromatic carbocycles. The van der Waals surface area contributed by atoms with Gasteiger partial charge >= 0.3 is 0 Å². The Morgan fingerprint density at radius 2 is 1.35 bits per heavy atom. The van der Waals surface area contributed by atoms with E-state index in [0.29, 0.717) is 0 Å². The molecule has 0 saturated heterocycles. The van der Waals surface area contributed by atoms with Gasteiger partial charge in [0.05, 0.1) is 0 Å². The van der Waals surface area contributed by atoms with Crippen LogP contribution >= 0.6 is 0 Å². The lowest BCUT2D eigenvalue weighted by molar-refractivity contribution is 0.588. The van der Waals surface area contributed by atoms with Gasteiger partial charge in [0, 0.05) is 12.2 Å². The number of nitrogens with one attached hydrogen (secondary N) is 1. The largest absolute Gasteiger partial charge is 0.385 e. The van der Waals surface area contributed by atoms with Crippen molar-refractivity contribution in [2.45, 2.75) is 44.9 Å². The summed E-state index contributed by atoms with van der Waals surface area (Å²) in [4.78, 5) is 0. The molecule has 0 bridgehead atoms. The molecule has 0 radical (unpaired) electrons. The van der Waals surface area contributed by atoms with Gasteiger partial charge in [0.25, 0.3) is 0 Å². The van der Waals surface area contributed by atoms with Gasteiger partial charge in [0.2, 0.25) is 0 Å². The van der Waals surface area contributed by atoms with Crippen LogP contribution in [-0.4, -0.2) is 13.1 Å². The number of unbranched alkanes of at least 4 members (excludes halogenated alkanes) is 6. The number of benzene rings is 1. The molecule has 0 heterocycles. The predicted octanol–water partition coefficient (Wildman–Crippen LogP) is 3.79. The third-order valence-corrected chi connectivity index (χ3v) is 2.98. The van der Waals surface area contributed by atoms with Crippen LogP contribution < -0.4 is 11.1 Å². The number of nitrogens with two attached hydrogens (primary N) is 1. The summed E-state index contributed by atoms with van der Waals surface area (Å²) in [6.45, 7) is 1.94. The lowest BCUT2D eigenvalue weighted by Gasteiger charge is -2.05. The second kappa shape index (κ2) is 10.2. The van der Waals surface area contributed by atoms with Gasteiger partial charge in [-0.05, 0) is 31.5 Å². The minimum absolute atomic E-state index is 0.848. The smallest absolute Gasteiger partial charge is 0.0340 e. The van der Waals surface area contributed by atoms with E-state index in [1.54, 1.807) is 0 Å². The average molecular weight is 234 g/mol. The van der Waals surface area contributed by atoms with Crippen molar-refractivity contribution in [1.29, 1.82) is 0 Å². The lowest BCUT2D eigenvalue weighted by Crippen LogP contribution is -2.01. The third-order valence-electron chi connectivity index (χ3n) is 2.98. The Hall–Kier alpha value is -1.02. The summed E-state index contributed by atoms with van der Waals surface area (Å²) in [7, 11) is 0. The standard InChI is InChI=1S/C15H26N2/c16-13-9-4-2-1-3-5-10-14-17-15-11-7-6-8-12-15/h6-8,11-12,17H,1-5,9-10,13-14,16H2. The zero-order valence-corrected chi connectivity index (χ0v) is 10.8. The summed E-state index contributed by atoms with van der Waals surface area (Å²) in [5.74, 6) is 0. The maximum Gasteiger partial charge on any atom is 0.0340 e. The molecule has 1 aromatic rings. The normalized spacial score (nSPS) is 10.4. The quantitative estimate of drug-likeness (QED) is 0.604. The summed E-state index contributed by atoms with van der Waals surface area (Å²) in [6.07, 6.45) is 9.18. The molecule has 96 valence electrons. The molecule has 0 spiro atoms. The van der Waals surface area contributed by atoms with E-state index < -0.39 is 0 Å². The van der Waals surface area contributed by atoms with E-state index in [2.05, 4.69) is 29.6 Å². The molecule has 17 heavy (non-hydrogen) atoms. The summed E-state index contributed by atoms with van der Waals surface area (Å²) >= 11 is 0. The topological polar surface area (TPSA) is 38.0 Å². The van der Waals surface area contributed by atoms with Crippen LogP contribution in [0, 0.1) is 0 Å². The molecule has 1 rings (SSSR count). The minimum atomic E-state index is 0.848. The van der Waals surface area contributed by atoms with Gasteiger partial charge in [-0.1, -0.05) is 50.3 Å². The molecule has 0 aliphatic rings. The Kier molecular flexibility index (Phi) is 8.39. The van der Waals surface area contributed by atoms with Crippen molar-refractivity contribution in [3.05, 3.63) is 30.3 Å². The number of hydrogen-bond donors (Lipinski definition) is 2. The first-order valence-corrected chi connectivity index (χ1v) is 6.92. The molecule has 0 saturated carbocycles. The van der Waals surface area contributed by atoms with Crippen molar-refractivity contribution in [1.82, 2.24) is 0 Å². The van der Waals surface area contributed by atoms with Crippen molar-refractivity contribution in [3.8, 4) is 0 Å². The molecular weight excluding hydrogens is 208 g/mol. The Labute approximate surface area is 106 Å². The fraction of sp³-hybridized carbons (Fsp3) is 0.600. The lowest BCUT2D eigenvalue weighted by atomic mass is 10.1. The summed E-state index contributed by atoms with van der Waals surface area (Å²) in [5.41, 5.74) is 6.69. The molecule has 0 amide bonds. The highest BCUT2D eigenvalue weighted by molar-refractivity contribution is 5.42. The van der Waals surface area contributed by atoms with Crippen LogP contribution in [0.3, 0.4) is 0 Å². The van der Waals surface area contributed by atoms with E-state index in [1.807, 2.05) is 6.07 Å².